The topological polar surface area (TPSA) is 62.1 Å². The third kappa shape index (κ3) is 5.05. The molecule has 29 heavy (non-hydrogen) atoms. The molecule has 0 unspecified atom stereocenters. The lowest BCUT2D eigenvalue weighted by atomic mass is 10.2. The van der Waals surface area contributed by atoms with E-state index in [2.05, 4.69) is 4.99 Å². The first-order valence-corrected chi connectivity index (χ1v) is 10.6. The van der Waals surface area contributed by atoms with E-state index in [0.29, 0.717) is 54.8 Å². The number of carbonyl (C=O) groups is 1. The first kappa shape index (κ1) is 21.1. The summed E-state index contributed by atoms with van der Waals surface area (Å²) in [5, 5.41) is 0. The van der Waals surface area contributed by atoms with E-state index in [0.717, 1.165) is 10.2 Å². The highest BCUT2D eigenvalue weighted by Crippen LogP contribution is 2.29. The van der Waals surface area contributed by atoms with Crippen molar-refractivity contribution in [3.63, 3.8) is 0 Å². The predicted molar refractivity (Wildman–Crippen MR) is 115 cm³/mol. The number of fused-ring (bicyclic) bond motifs is 1. The number of ether oxygens (including phenoxy) is 3. The molecule has 3 aromatic rings. The van der Waals surface area contributed by atoms with Crippen molar-refractivity contribution in [2.75, 3.05) is 26.4 Å². The molecule has 1 aromatic heterocycles. The van der Waals surface area contributed by atoms with Crippen molar-refractivity contribution in [3.05, 3.63) is 52.8 Å². The molecule has 0 fully saturated rings. The third-order valence-electron chi connectivity index (χ3n) is 4.24. The molecule has 6 nitrogen and oxygen atoms in total. The molecule has 154 valence electrons. The molecule has 0 aliphatic heterocycles. The van der Waals surface area contributed by atoms with Gasteiger partial charge in [-0.15, -0.1) is 0 Å². The molecular formula is C22H26N2O4S. The van der Waals surface area contributed by atoms with Crippen molar-refractivity contribution in [2.24, 2.45) is 4.99 Å². The lowest BCUT2D eigenvalue weighted by molar-refractivity contribution is 0.0996. The SMILES string of the molecule is CCOCCn1c(=NC(=O)c2ccc(OCC)c(OCC)c2)sc2ccccc21. The monoisotopic (exact) mass is 414 g/mol. The van der Waals surface area contributed by atoms with Crippen LogP contribution in [0.5, 0.6) is 11.5 Å². The Morgan fingerprint density at radius 3 is 2.52 bits per heavy atom. The molecule has 0 saturated heterocycles. The number of benzene rings is 2. The van der Waals surface area contributed by atoms with Crippen molar-refractivity contribution >= 4 is 27.5 Å². The van der Waals surface area contributed by atoms with E-state index in [-0.39, 0.29) is 5.91 Å². The van der Waals surface area contributed by atoms with Crippen molar-refractivity contribution in [2.45, 2.75) is 27.3 Å². The van der Waals surface area contributed by atoms with Crippen LogP contribution in [0.2, 0.25) is 0 Å². The first-order valence-electron chi connectivity index (χ1n) is 9.82. The minimum absolute atomic E-state index is 0.314. The summed E-state index contributed by atoms with van der Waals surface area (Å²) in [5.74, 6) is 0.862. The Labute approximate surface area is 174 Å². The molecule has 0 atom stereocenters. The number of rotatable bonds is 9. The van der Waals surface area contributed by atoms with Crippen LogP contribution in [-0.2, 0) is 11.3 Å². The summed E-state index contributed by atoms with van der Waals surface area (Å²) in [5.41, 5.74) is 1.51. The number of thiazole rings is 1. The molecule has 0 N–H and O–H groups in total. The summed E-state index contributed by atoms with van der Waals surface area (Å²) < 4.78 is 19.8. The van der Waals surface area contributed by atoms with Crippen LogP contribution in [0.3, 0.4) is 0 Å². The van der Waals surface area contributed by atoms with Crippen molar-refractivity contribution in [1.82, 2.24) is 4.57 Å². The van der Waals surface area contributed by atoms with Crippen molar-refractivity contribution < 1.29 is 19.0 Å². The van der Waals surface area contributed by atoms with Gasteiger partial charge in [0.05, 0.1) is 30.0 Å². The predicted octanol–water partition coefficient (Wildman–Crippen LogP) is 4.28. The van der Waals surface area contributed by atoms with E-state index in [1.165, 1.54) is 11.3 Å². The lowest BCUT2D eigenvalue weighted by Gasteiger charge is -2.11. The zero-order valence-electron chi connectivity index (χ0n) is 17.0. The van der Waals surface area contributed by atoms with Gasteiger partial charge in [0.1, 0.15) is 0 Å². The Hall–Kier alpha value is -2.64. The van der Waals surface area contributed by atoms with Crippen molar-refractivity contribution in [3.8, 4) is 11.5 Å². The van der Waals surface area contributed by atoms with Crippen LogP contribution in [0, 0.1) is 0 Å². The van der Waals surface area contributed by atoms with Gasteiger partial charge in [0.25, 0.3) is 5.91 Å². The van der Waals surface area contributed by atoms with Gasteiger partial charge < -0.3 is 18.8 Å². The summed E-state index contributed by atoms with van der Waals surface area (Å²) in [4.78, 5) is 18.0. The second-order valence-corrected chi connectivity index (χ2v) is 7.15. The summed E-state index contributed by atoms with van der Waals surface area (Å²) in [6.45, 7) is 8.64. The van der Waals surface area contributed by atoms with E-state index < -0.39 is 0 Å². The standard InChI is InChI=1S/C22H26N2O4S/c1-4-26-14-13-24-17-9-7-8-10-20(17)29-22(24)23-21(25)16-11-12-18(27-5-2)19(15-16)28-6-3/h7-12,15H,4-6,13-14H2,1-3H3. The van der Waals surface area contributed by atoms with E-state index in [4.69, 9.17) is 14.2 Å². The molecule has 0 aliphatic rings. The van der Waals surface area contributed by atoms with Crippen LogP contribution in [0.1, 0.15) is 31.1 Å². The zero-order valence-corrected chi connectivity index (χ0v) is 17.8. The number of amides is 1. The van der Waals surface area contributed by atoms with Crippen molar-refractivity contribution in [1.29, 1.82) is 0 Å². The molecule has 0 radical (unpaired) electrons. The largest absolute Gasteiger partial charge is 0.490 e. The van der Waals surface area contributed by atoms with Crippen LogP contribution in [-0.4, -0.2) is 36.9 Å². The summed E-state index contributed by atoms with van der Waals surface area (Å²) in [6, 6.07) is 13.2. The van der Waals surface area contributed by atoms with Gasteiger partial charge in [0.15, 0.2) is 16.3 Å². The average Bonchev–Trinajstić information content (AvgIpc) is 3.07. The average molecular weight is 415 g/mol. The highest BCUT2D eigenvalue weighted by Gasteiger charge is 2.13. The fraction of sp³-hybridized carbons (Fsp3) is 0.364. The molecule has 1 heterocycles. The quantitative estimate of drug-likeness (QED) is 0.491. The van der Waals surface area contributed by atoms with E-state index in [1.807, 2.05) is 49.6 Å². The molecule has 0 aliphatic carbocycles. The number of nitrogens with zero attached hydrogens (tertiary/aromatic N) is 2. The van der Waals surface area contributed by atoms with Crippen LogP contribution in [0.4, 0.5) is 0 Å². The van der Waals surface area contributed by atoms with Gasteiger partial charge in [-0.2, -0.15) is 4.99 Å². The van der Waals surface area contributed by atoms with Gasteiger partial charge in [-0.25, -0.2) is 0 Å². The molecule has 3 rings (SSSR count). The van der Waals surface area contributed by atoms with Crippen LogP contribution in [0.25, 0.3) is 10.2 Å². The Morgan fingerprint density at radius 1 is 1.00 bits per heavy atom. The normalized spacial score (nSPS) is 11.8. The Kier molecular flexibility index (Phi) is 7.43. The number of hydrogen-bond donors (Lipinski definition) is 0. The minimum Gasteiger partial charge on any atom is -0.490 e. The molecule has 0 spiro atoms. The fourth-order valence-corrected chi connectivity index (χ4v) is 4.01. The van der Waals surface area contributed by atoms with Gasteiger partial charge in [0.2, 0.25) is 0 Å². The first-order chi connectivity index (χ1) is 14.2. The van der Waals surface area contributed by atoms with Crippen LogP contribution >= 0.6 is 11.3 Å². The smallest absolute Gasteiger partial charge is 0.279 e. The minimum atomic E-state index is -0.314. The maximum absolute atomic E-state index is 12.9. The van der Waals surface area contributed by atoms with Gasteiger partial charge >= 0.3 is 0 Å². The summed E-state index contributed by atoms with van der Waals surface area (Å²) >= 11 is 1.49. The van der Waals surface area contributed by atoms with Gasteiger partial charge in [-0.05, 0) is 51.1 Å². The maximum Gasteiger partial charge on any atom is 0.279 e. The summed E-state index contributed by atoms with van der Waals surface area (Å²) in [6.07, 6.45) is 0. The van der Waals surface area contributed by atoms with Crippen LogP contribution in [0.15, 0.2) is 47.5 Å². The number of carbonyl (C=O) groups excluding carboxylic acids is 1. The highest BCUT2D eigenvalue weighted by atomic mass is 32.1. The Bertz CT molecular complexity index is 1040. The van der Waals surface area contributed by atoms with Gasteiger partial charge in [-0.3, -0.25) is 4.79 Å². The molecule has 1 amide bonds. The van der Waals surface area contributed by atoms with E-state index >= 15 is 0 Å². The summed E-state index contributed by atoms with van der Waals surface area (Å²) in [7, 11) is 0. The lowest BCUT2D eigenvalue weighted by Crippen LogP contribution is -2.19. The number of aromatic nitrogens is 1. The highest BCUT2D eigenvalue weighted by molar-refractivity contribution is 7.16. The van der Waals surface area contributed by atoms with E-state index in [1.54, 1.807) is 18.2 Å². The van der Waals surface area contributed by atoms with E-state index in [9.17, 15) is 4.79 Å². The molecular weight excluding hydrogens is 388 g/mol. The molecule has 0 saturated carbocycles. The van der Waals surface area contributed by atoms with Crippen LogP contribution < -0.4 is 14.3 Å². The molecule has 7 heteroatoms. The third-order valence-corrected chi connectivity index (χ3v) is 5.30. The fourth-order valence-electron chi connectivity index (χ4n) is 2.96. The molecule has 2 aromatic carbocycles. The number of hydrogen-bond acceptors (Lipinski definition) is 5. The second kappa shape index (κ2) is 10.2. The second-order valence-electron chi connectivity index (χ2n) is 6.15. The molecule has 0 bridgehead atoms. The Morgan fingerprint density at radius 2 is 1.76 bits per heavy atom. The van der Waals surface area contributed by atoms with Gasteiger partial charge in [-0.1, -0.05) is 23.5 Å². The number of para-hydroxylation sites is 1. The maximum atomic E-state index is 12.9. The van der Waals surface area contributed by atoms with Gasteiger partial charge in [0, 0.05) is 18.7 Å². The zero-order chi connectivity index (χ0) is 20.6. The Balaban J connectivity index is 1.99.